The molecule has 0 fully saturated rings. The zero-order valence-electron chi connectivity index (χ0n) is 16.4. The molecule has 0 saturated carbocycles. The lowest BCUT2D eigenvalue weighted by Crippen LogP contribution is -2.33. The van der Waals surface area contributed by atoms with E-state index in [9.17, 15) is 0 Å². The molecule has 0 atom stereocenters. The number of aromatic nitrogens is 2. The van der Waals surface area contributed by atoms with Crippen molar-refractivity contribution in [1.29, 1.82) is 0 Å². The van der Waals surface area contributed by atoms with Crippen LogP contribution in [-0.2, 0) is 7.05 Å². The smallest absolute Gasteiger partial charge is 0.236 e. The van der Waals surface area contributed by atoms with Gasteiger partial charge in [-0.15, -0.1) is 0 Å². The van der Waals surface area contributed by atoms with Gasteiger partial charge in [-0.25, -0.2) is 4.57 Å². The number of benzene rings is 1. The lowest BCUT2D eigenvalue weighted by molar-refractivity contribution is -0.679. The molecule has 0 aliphatic heterocycles. The van der Waals surface area contributed by atoms with Crippen LogP contribution in [0.2, 0.25) is 0 Å². The Morgan fingerprint density at radius 1 is 1.00 bits per heavy atom. The fourth-order valence-electron chi connectivity index (χ4n) is 2.97. The maximum atomic E-state index is 8.57. The lowest BCUT2D eigenvalue weighted by atomic mass is 9.92. The number of hydrogen-bond donors (Lipinski definition) is 0. The van der Waals surface area contributed by atoms with Crippen molar-refractivity contribution in [1.82, 2.24) is 4.57 Å². The van der Waals surface area contributed by atoms with Gasteiger partial charge < -0.3 is 0 Å². The SMILES string of the molecule is [2H]C(C)(C)c1cccc(C([2H])(C)C)c1-n1cc[n+](C)c1C(C)C. The average Bonchev–Trinajstić information content (AvgIpc) is 2.77. The molecule has 1 aromatic heterocycles. The highest BCUT2D eigenvalue weighted by molar-refractivity contribution is 5.51. The molecule has 2 nitrogen and oxygen atoms in total. The van der Waals surface area contributed by atoms with Gasteiger partial charge in [0.15, 0.2) is 0 Å². The zero-order chi connectivity index (χ0) is 17.6. The van der Waals surface area contributed by atoms with Crippen LogP contribution in [0.5, 0.6) is 0 Å². The summed E-state index contributed by atoms with van der Waals surface area (Å²) >= 11 is 0. The van der Waals surface area contributed by atoms with Gasteiger partial charge >= 0.3 is 0 Å². The van der Waals surface area contributed by atoms with Crippen LogP contribution in [0, 0.1) is 0 Å². The minimum Gasteiger partial charge on any atom is -0.236 e. The Morgan fingerprint density at radius 2 is 1.52 bits per heavy atom. The Bertz CT molecular complexity index is 669. The van der Waals surface area contributed by atoms with Crippen molar-refractivity contribution in [2.24, 2.45) is 7.05 Å². The van der Waals surface area contributed by atoms with Crippen molar-refractivity contribution in [2.75, 3.05) is 0 Å². The fourth-order valence-corrected chi connectivity index (χ4v) is 2.97. The molecular formula is C19H29N2+. The molecule has 1 heterocycles. The third-order valence-corrected chi connectivity index (χ3v) is 3.92. The summed E-state index contributed by atoms with van der Waals surface area (Å²) in [5.74, 6) is 0.0623. The van der Waals surface area contributed by atoms with Crippen LogP contribution >= 0.6 is 0 Å². The molecule has 2 heteroatoms. The second-order valence-corrected chi connectivity index (χ2v) is 6.49. The Balaban J connectivity index is 2.90. The van der Waals surface area contributed by atoms with Gasteiger partial charge in [0.25, 0.3) is 5.82 Å². The highest BCUT2D eigenvalue weighted by Gasteiger charge is 2.25. The second kappa shape index (κ2) is 6.05. The molecule has 21 heavy (non-hydrogen) atoms. The summed E-state index contributed by atoms with van der Waals surface area (Å²) in [6.07, 6.45) is 4.10. The minimum atomic E-state index is -0.728. The molecular weight excluding hydrogens is 256 g/mol. The van der Waals surface area contributed by atoms with E-state index in [1.54, 1.807) is 0 Å². The van der Waals surface area contributed by atoms with E-state index in [-0.39, 0.29) is 0 Å². The second-order valence-electron chi connectivity index (χ2n) is 6.49. The van der Waals surface area contributed by atoms with E-state index in [1.807, 2.05) is 59.1 Å². The first-order valence-electron chi connectivity index (χ1n) is 8.66. The predicted molar refractivity (Wildman–Crippen MR) is 89.2 cm³/mol. The standard InChI is InChI=1S/C19H29N2/c1-13(2)16-9-8-10-17(14(3)4)18(16)21-12-11-20(7)19(21)15(5)6/h8-15H,1-7H3/q+1/i13D,14D. The highest BCUT2D eigenvalue weighted by atomic mass is 15.1. The molecule has 0 radical (unpaired) electrons. The normalized spacial score (nSPS) is 14.3. The number of para-hydroxylation sites is 1. The van der Waals surface area contributed by atoms with Gasteiger partial charge in [-0.2, -0.15) is 4.57 Å². The van der Waals surface area contributed by atoms with Crippen LogP contribution in [0.3, 0.4) is 0 Å². The molecule has 0 spiro atoms. The van der Waals surface area contributed by atoms with Gasteiger partial charge in [0.1, 0.15) is 18.1 Å². The molecule has 1 aromatic carbocycles. The van der Waals surface area contributed by atoms with E-state index in [0.717, 1.165) is 16.8 Å². The Kier molecular flexibility index (Phi) is 3.78. The molecule has 0 amide bonds. The fraction of sp³-hybridized carbons (Fsp3) is 0.526. The van der Waals surface area contributed by atoms with E-state index in [0.29, 0.717) is 5.92 Å². The summed E-state index contributed by atoms with van der Waals surface area (Å²) in [6.45, 7) is 12.0. The van der Waals surface area contributed by atoms with E-state index >= 15 is 0 Å². The van der Waals surface area contributed by atoms with Gasteiger partial charge in [0.2, 0.25) is 0 Å². The van der Waals surface area contributed by atoms with Gasteiger partial charge in [0.05, 0.1) is 13.0 Å². The van der Waals surface area contributed by atoms with Gasteiger partial charge in [-0.3, -0.25) is 0 Å². The Hall–Kier alpha value is -1.57. The van der Waals surface area contributed by atoms with Crippen molar-refractivity contribution in [3.05, 3.63) is 47.5 Å². The number of nitrogens with zero attached hydrogens (tertiary/aromatic N) is 2. The summed E-state index contributed by atoms with van der Waals surface area (Å²) < 4.78 is 21.4. The topological polar surface area (TPSA) is 8.81 Å². The third-order valence-electron chi connectivity index (χ3n) is 3.92. The maximum absolute atomic E-state index is 8.57. The Labute approximate surface area is 132 Å². The first kappa shape index (κ1) is 13.1. The first-order chi connectivity index (χ1) is 10.4. The van der Waals surface area contributed by atoms with Crippen LogP contribution < -0.4 is 4.57 Å². The minimum absolute atomic E-state index is 0.346. The van der Waals surface area contributed by atoms with E-state index in [1.165, 1.54) is 5.82 Å². The first-order valence-corrected chi connectivity index (χ1v) is 7.66. The van der Waals surface area contributed by atoms with Crippen LogP contribution in [0.1, 0.15) is 78.9 Å². The molecule has 114 valence electrons. The van der Waals surface area contributed by atoms with Crippen molar-refractivity contribution in [3.8, 4) is 5.69 Å². The van der Waals surface area contributed by atoms with Crippen LogP contribution in [0.25, 0.3) is 5.69 Å². The van der Waals surface area contributed by atoms with Crippen LogP contribution in [-0.4, -0.2) is 4.57 Å². The summed E-state index contributed by atoms with van der Waals surface area (Å²) in [4.78, 5) is 0. The van der Waals surface area contributed by atoms with Crippen molar-refractivity contribution in [2.45, 2.75) is 59.2 Å². The zero-order valence-corrected chi connectivity index (χ0v) is 14.4. The van der Waals surface area contributed by atoms with Crippen LogP contribution in [0.15, 0.2) is 30.6 Å². The summed E-state index contributed by atoms with van der Waals surface area (Å²) in [7, 11) is 2.05. The summed E-state index contributed by atoms with van der Waals surface area (Å²) in [5, 5.41) is 0. The predicted octanol–water partition coefficient (Wildman–Crippen LogP) is 4.67. The molecule has 2 aromatic rings. The number of aryl methyl sites for hydroxylation is 1. The summed E-state index contributed by atoms with van der Waals surface area (Å²) in [5.41, 5.74) is 2.89. The molecule has 0 saturated heterocycles. The molecule has 0 aliphatic carbocycles. The molecule has 0 unspecified atom stereocenters. The van der Waals surface area contributed by atoms with E-state index in [2.05, 4.69) is 29.2 Å². The quantitative estimate of drug-likeness (QED) is 0.722. The monoisotopic (exact) mass is 287 g/mol. The average molecular weight is 287 g/mol. The summed E-state index contributed by atoms with van der Waals surface area (Å²) in [6, 6.07) is 6.00. The van der Waals surface area contributed by atoms with Gasteiger partial charge in [-0.1, -0.05) is 59.7 Å². The Morgan fingerprint density at radius 3 is 1.95 bits per heavy atom. The van der Waals surface area contributed by atoms with Crippen molar-refractivity contribution < 1.29 is 7.31 Å². The van der Waals surface area contributed by atoms with Crippen molar-refractivity contribution in [3.63, 3.8) is 0 Å². The van der Waals surface area contributed by atoms with E-state index in [4.69, 9.17) is 2.74 Å². The van der Waals surface area contributed by atoms with Gasteiger partial charge in [0, 0.05) is 13.9 Å². The number of hydrogen-bond acceptors (Lipinski definition) is 0. The van der Waals surface area contributed by atoms with Crippen LogP contribution in [0.4, 0.5) is 0 Å². The number of rotatable bonds is 4. The molecule has 2 rings (SSSR count). The maximum Gasteiger partial charge on any atom is 0.263 e. The molecule has 0 aliphatic rings. The highest BCUT2D eigenvalue weighted by Crippen LogP contribution is 2.32. The van der Waals surface area contributed by atoms with Crippen molar-refractivity contribution >= 4 is 0 Å². The molecule has 0 N–H and O–H groups in total. The third kappa shape index (κ3) is 2.90. The number of imidazole rings is 1. The van der Waals surface area contributed by atoms with Gasteiger partial charge in [-0.05, 0) is 11.8 Å². The molecule has 0 bridgehead atoms. The largest absolute Gasteiger partial charge is 0.263 e. The lowest BCUT2D eigenvalue weighted by Gasteiger charge is -2.18. The van der Waals surface area contributed by atoms with E-state index < -0.39 is 11.8 Å².